The fourth-order valence-electron chi connectivity index (χ4n) is 2.81. The van der Waals surface area contributed by atoms with Gasteiger partial charge in [0.05, 0.1) is 25.0 Å². The maximum Gasteiger partial charge on any atom is 0.287 e. The Morgan fingerprint density at radius 3 is 2.44 bits per heavy atom. The highest BCUT2D eigenvalue weighted by molar-refractivity contribution is 6.33. The second kappa shape index (κ2) is 8.73. The molecule has 0 amide bonds. The first-order valence-corrected chi connectivity index (χ1v) is 9.18. The normalized spacial score (nSPS) is 10.6. The topological polar surface area (TPSA) is 47.4 Å². The Labute approximate surface area is 163 Å². The van der Waals surface area contributed by atoms with Crippen LogP contribution in [0.1, 0.15) is 18.1 Å². The van der Waals surface area contributed by atoms with Gasteiger partial charge >= 0.3 is 0 Å². The third kappa shape index (κ3) is 4.68. The Balaban J connectivity index is 1.76. The molecule has 0 spiro atoms. The van der Waals surface area contributed by atoms with E-state index in [0.29, 0.717) is 25.4 Å². The number of anilines is 1. The first-order chi connectivity index (χ1) is 13.1. The minimum Gasteiger partial charge on any atom is -0.494 e. The fraction of sp³-hybridized carbons (Fsp3) is 0.238. The molecule has 0 aliphatic carbocycles. The highest BCUT2D eigenvalue weighted by Crippen LogP contribution is 2.22. The number of benzene rings is 2. The summed E-state index contributed by atoms with van der Waals surface area (Å²) >= 11 is 6.36. The van der Waals surface area contributed by atoms with Gasteiger partial charge in [-0.3, -0.25) is 4.79 Å². The number of hydrogen-bond acceptors (Lipinski definition) is 4. The second-order valence-electron chi connectivity index (χ2n) is 6.23. The summed E-state index contributed by atoms with van der Waals surface area (Å²) in [5.74, 6) is 0.840. The molecule has 5 nitrogen and oxygen atoms in total. The van der Waals surface area contributed by atoms with Crippen molar-refractivity contribution in [3.8, 4) is 5.75 Å². The van der Waals surface area contributed by atoms with Crippen LogP contribution in [0.15, 0.2) is 65.6 Å². The molecule has 0 bridgehead atoms. The number of halogens is 1. The van der Waals surface area contributed by atoms with Gasteiger partial charge in [-0.1, -0.05) is 54.1 Å². The van der Waals surface area contributed by atoms with Crippen LogP contribution >= 0.6 is 11.6 Å². The van der Waals surface area contributed by atoms with E-state index in [1.165, 1.54) is 4.68 Å². The van der Waals surface area contributed by atoms with Crippen LogP contribution in [0, 0.1) is 0 Å². The summed E-state index contributed by atoms with van der Waals surface area (Å²) in [4.78, 5) is 14.5. The van der Waals surface area contributed by atoms with Crippen molar-refractivity contribution < 1.29 is 4.74 Å². The maximum atomic E-state index is 12.6. The van der Waals surface area contributed by atoms with Crippen molar-refractivity contribution in [2.75, 3.05) is 18.6 Å². The Kier molecular flexibility index (Phi) is 6.14. The maximum absolute atomic E-state index is 12.6. The lowest BCUT2D eigenvalue weighted by molar-refractivity contribution is 0.340. The van der Waals surface area contributed by atoms with E-state index in [9.17, 15) is 4.79 Å². The lowest BCUT2D eigenvalue weighted by Gasteiger charge is -2.20. The molecule has 27 heavy (non-hydrogen) atoms. The van der Waals surface area contributed by atoms with E-state index >= 15 is 0 Å². The molecule has 0 radical (unpaired) electrons. The molecule has 0 fully saturated rings. The van der Waals surface area contributed by atoms with E-state index in [2.05, 4.69) is 5.10 Å². The molecule has 0 unspecified atom stereocenters. The van der Waals surface area contributed by atoms with Crippen molar-refractivity contribution in [3.63, 3.8) is 0 Å². The van der Waals surface area contributed by atoms with Crippen LogP contribution in [0.25, 0.3) is 0 Å². The lowest BCUT2D eigenvalue weighted by atomic mass is 10.2. The van der Waals surface area contributed by atoms with Crippen LogP contribution in [0.2, 0.25) is 5.02 Å². The van der Waals surface area contributed by atoms with Gasteiger partial charge in [0.15, 0.2) is 0 Å². The van der Waals surface area contributed by atoms with E-state index in [1.807, 2.05) is 73.5 Å². The van der Waals surface area contributed by atoms with Crippen molar-refractivity contribution in [1.82, 2.24) is 9.78 Å². The standard InChI is InChI=1S/C21H22ClN3O2/c1-3-27-18-11-9-17(10-12-18)14-24(2)19-13-23-25(21(26)20(19)22)15-16-7-5-4-6-8-16/h4-13H,3,14-15H2,1-2H3. The van der Waals surface area contributed by atoms with Crippen molar-refractivity contribution in [2.24, 2.45) is 0 Å². The largest absolute Gasteiger partial charge is 0.494 e. The highest BCUT2D eigenvalue weighted by Gasteiger charge is 2.13. The summed E-state index contributed by atoms with van der Waals surface area (Å²) in [7, 11) is 1.89. The molecule has 3 rings (SSSR count). The van der Waals surface area contributed by atoms with E-state index in [4.69, 9.17) is 16.3 Å². The highest BCUT2D eigenvalue weighted by atomic mass is 35.5. The van der Waals surface area contributed by atoms with Crippen molar-refractivity contribution in [1.29, 1.82) is 0 Å². The molecule has 0 N–H and O–H groups in total. The predicted molar refractivity (Wildman–Crippen MR) is 109 cm³/mol. The zero-order valence-corrected chi connectivity index (χ0v) is 16.2. The van der Waals surface area contributed by atoms with E-state index in [0.717, 1.165) is 16.9 Å². The summed E-state index contributed by atoms with van der Waals surface area (Å²) in [6.45, 7) is 3.59. The molecule has 0 aliphatic heterocycles. The van der Waals surface area contributed by atoms with Crippen molar-refractivity contribution in [3.05, 3.63) is 87.3 Å². The van der Waals surface area contributed by atoms with Crippen LogP contribution < -0.4 is 15.2 Å². The number of nitrogens with zero attached hydrogens (tertiary/aromatic N) is 3. The minimum atomic E-state index is -0.295. The molecule has 0 atom stereocenters. The number of hydrogen-bond donors (Lipinski definition) is 0. The average Bonchev–Trinajstić information content (AvgIpc) is 2.68. The first-order valence-electron chi connectivity index (χ1n) is 8.81. The van der Waals surface area contributed by atoms with Gasteiger partial charge in [-0.05, 0) is 30.2 Å². The van der Waals surface area contributed by atoms with Crippen LogP contribution in [0.3, 0.4) is 0 Å². The third-order valence-electron chi connectivity index (χ3n) is 4.21. The molecular formula is C21H22ClN3O2. The SMILES string of the molecule is CCOc1ccc(CN(C)c2cnn(Cc3ccccc3)c(=O)c2Cl)cc1. The Bertz CT molecular complexity index is 940. The molecule has 0 saturated carbocycles. The summed E-state index contributed by atoms with van der Waals surface area (Å²) in [6.07, 6.45) is 1.64. The van der Waals surface area contributed by atoms with E-state index in [-0.39, 0.29) is 10.6 Å². The second-order valence-corrected chi connectivity index (χ2v) is 6.60. The molecule has 1 aromatic heterocycles. The summed E-state index contributed by atoms with van der Waals surface area (Å²) < 4.78 is 6.84. The van der Waals surface area contributed by atoms with Gasteiger partial charge in [-0.2, -0.15) is 5.10 Å². The molecule has 1 heterocycles. The van der Waals surface area contributed by atoms with E-state index < -0.39 is 0 Å². The minimum absolute atomic E-state index is 0.175. The van der Waals surface area contributed by atoms with Gasteiger partial charge in [0, 0.05) is 13.6 Å². The molecular weight excluding hydrogens is 362 g/mol. The smallest absolute Gasteiger partial charge is 0.287 e. The number of rotatable bonds is 7. The van der Waals surface area contributed by atoms with Gasteiger partial charge in [-0.15, -0.1) is 0 Å². The van der Waals surface area contributed by atoms with Gasteiger partial charge in [-0.25, -0.2) is 4.68 Å². The monoisotopic (exact) mass is 383 g/mol. The predicted octanol–water partition coefficient (Wildman–Crippen LogP) is 3.98. The Morgan fingerprint density at radius 2 is 1.78 bits per heavy atom. The summed E-state index contributed by atoms with van der Waals surface area (Å²) in [5.41, 5.74) is 2.40. The Morgan fingerprint density at radius 1 is 1.07 bits per heavy atom. The fourth-order valence-corrected chi connectivity index (χ4v) is 3.10. The van der Waals surface area contributed by atoms with Gasteiger partial charge in [0.2, 0.25) is 0 Å². The summed E-state index contributed by atoms with van der Waals surface area (Å²) in [5, 5.41) is 4.47. The third-order valence-corrected chi connectivity index (χ3v) is 4.56. The molecule has 3 aromatic rings. The van der Waals surface area contributed by atoms with Gasteiger partial charge < -0.3 is 9.64 Å². The zero-order valence-electron chi connectivity index (χ0n) is 15.4. The molecule has 2 aromatic carbocycles. The number of aromatic nitrogens is 2. The molecule has 0 saturated heterocycles. The first kappa shape index (κ1) is 19.0. The van der Waals surface area contributed by atoms with E-state index in [1.54, 1.807) is 6.20 Å². The zero-order chi connectivity index (χ0) is 19.2. The van der Waals surface area contributed by atoms with Crippen molar-refractivity contribution >= 4 is 17.3 Å². The van der Waals surface area contributed by atoms with Crippen LogP contribution in [0.4, 0.5) is 5.69 Å². The number of ether oxygens (including phenoxy) is 1. The Hall–Kier alpha value is -2.79. The summed E-state index contributed by atoms with van der Waals surface area (Å²) in [6, 6.07) is 17.6. The molecule has 0 aliphatic rings. The van der Waals surface area contributed by atoms with Gasteiger partial charge in [0.1, 0.15) is 10.8 Å². The van der Waals surface area contributed by atoms with Crippen LogP contribution in [-0.4, -0.2) is 23.4 Å². The quantitative estimate of drug-likeness (QED) is 0.619. The average molecular weight is 384 g/mol. The van der Waals surface area contributed by atoms with Crippen LogP contribution in [-0.2, 0) is 13.1 Å². The molecule has 140 valence electrons. The molecule has 6 heteroatoms. The van der Waals surface area contributed by atoms with Crippen LogP contribution in [0.5, 0.6) is 5.75 Å². The lowest BCUT2D eigenvalue weighted by Crippen LogP contribution is -2.27. The van der Waals surface area contributed by atoms with Gasteiger partial charge in [0.25, 0.3) is 5.56 Å². The van der Waals surface area contributed by atoms with Crippen molar-refractivity contribution in [2.45, 2.75) is 20.0 Å².